The van der Waals surface area contributed by atoms with Gasteiger partial charge in [-0.15, -0.1) is 0 Å². The van der Waals surface area contributed by atoms with Crippen molar-refractivity contribution in [2.75, 3.05) is 6.61 Å². The molecule has 0 aromatic heterocycles. The number of para-hydroxylation sites is 1. The molecule has 2 atom stereocenters. The van der Waals surface area contributed by atoms with E-state index in [1.54, 1.807) is 0 Å². The Labute approximate surface area is 200 Å². The van der Waals surface area contributed by atoms with E-state index in [1.807, 2.05) is 54.6 Å². The van der Waals surface area contributed by atoms with Gasteiger partial charge in [-0.3, -0.25) is 0 Å². The van der Waals surface area contributed by atoms with Crippen LogP contribution < -0.4 is 4.74 Å². The second kappa shape index (κ2) is 10.7. The van der Waals surface area contributed by atoms with E-state index in [0.717, 1.165) is 22.7 Å². The molecule has 0 radical (unpaired) electrons. The first-order chi connectivity index (χ1) is 15.6. The smallest absolute Gasteiger partial charge is 0.355 e. The molecule has 1 heterocycles. The van der Waals surface area contributed by atoms with Gasteiger partial charge in [-0.1, -0.05) is 95.9 Å². The van der Waals surface area contributed by atoms with Crippen molar-refractivity contribution in [1.29, 1.82) is 0 Å². The molecule has 1 aliphatic heterocycles. The quantitative estimate of drug-likeness (QED) is 0.227. The zero-order valence-corrected chi connectivity index (χ0v) is 22.1. The van der Waals surface area contributed by atoms with Crippen molar-refractivity contribution in [2.24, 2.45) is 0 Å². The van der Waals surface area contributed by atoms with E-state index in [9.17, 15) is 4.79 Å². The topological polar surface area (TPSA) is 44.8 Å². The zero-order valence-electron chi connectivity index (χ0n) is 21.1. The van der Waals surface area contributed by atoms with Crippen LogP contribution in [0, 0.1) is 0 Å². The summed E-state index contributed by atoms with van der Waals surface area (Å²) in [4.78, 5) is 13.5. The largest absolute Gasteiger partial charge is 0.475 e. The number of carbonyl (C=O) groups is 1. The van der Waals surface area contributed by atoms with Crippen molar-refractivity contribution in [2.45, 2.75) is 77.4 Å². The molecule has 0 saturated heterocycles. The van der Waals surface area contributed by atoms with Crippen LogP contribution in [0.3, 0.4) is 0 Å². The minimum atomic E-state index is -1.26. The molecule has 0 aliphatic carbocycles. The van der Waals surface area contributed by atoms with Gasteiger partial charge in [0.25, 0.3) is 0 Å². The summed E-state index contributed by atoms with van der Waals surface area (Å²) in [6, 6.07) is 16.9. The first-order valence-electron chi connectivity index (χ1n) is 12.0. The van der Waals surface area contributed by atoms with Crippen LogP contribution in [0.5, 0.6) is 5.75 Å². The monoisotopic (exact) mass is 466 g/mol. The molecule has 0 amide bonds. The Hall–Kier alpha value is -2.37. The minimum absolute atomic E-state index is 0.234. The molecular weight excluding hydrogens is 428 g/mol. The summed E-state index contributed by atoms with van der Waals surface area (Å²) in [7, 11) is -1.26. The van der Waals surface area contributed by atoms with E-state index < -0.39 is 26.3 Å². The molecule has 33 heavy (non-hydrogen) atoms. The van der Waals surface area contributed by atoms with Crippen molar-refractivity contribution in [1.82, 2.24) is 0 Å². The van der Waals surface area contributed by atoms with Gasteiger partial charge in [-0.05, 0) is 35.1 Å². The van der Waals surface area contributed by atoms with Crippen LogP contribution in [0.4, 0.5) is 0 Å². The molecule has 2 aromatic rings. The van der Waals surface area contributed by atoms with Gasteiger partial charge < -0.3 is 14.2 Å². The summed E-state index contributed by atoms with van der Waals surface area (Å²) >= 11 is 0. The molecule has 5 heteroatoms. The maximum atomic E-state index is 13.5. The lowest BCUT2D eigenvalue weighted by atomic mass is 9.94. The van der Waals surface area contributed by atoms with Gasteiger partial charge in [0.1, 0.15) is 17.6 Å². The van der Waals surface area contributed by atoms with Crippen molar-refractivity contribution in [3.05, 3.63) is 71.3 Å². The van der Waals surface area contributed by atoms with Crippen LogP contribution in [0.15, 0.2) is 54.6 Å². The van der Waals surface area contributed by atoms with Crippen molar-refractivity contribution < 1.29 is 19.0 Å². The molecule has 178 valence electrons. The number of hydrogen-bond acceptors (Lipinski definition) is 4. The lowest BCUT2D eigenvalue weighted by Gasteiger charge is -2.23. The van der Waals surface area contributed by atoms with E-state index in [4.69, 9.17) is 14.2 Å². The molecule has 0 N–H and O–H groups in total. The Balaban J connectivity index is 1.86. The highest BCUT2D eigenvalue weighted by atomic mass is 28.3. The van der Waals surface area contributed by atoms with Crippen molar-refractivity contribution in [3.63, 3.8) is 0 Å². The summed E-state index contributed by atoms with van der Waals surface area (Å²) in [6.45, 7) is 16.0. The molecular formula is C28H38O4Si. The van der Waals surface area contributed by atoms with E-state index >= 15 is 0 Å². The number of hydrogen-bond donors (Lipinski definition) is 0. The fraction of sp³-hybridized carbons (Fsp3) is 0.464. The number of ether oxygens (including phenoxy) is 3. The molecule has 0 bridgehead atoms. The second-order valence-corrected chi connectivity index (χ2v) is 16.2. The Bertz CT molecular complexity index is 947. The predicted molar refractivity (Wildman–Crippen MR) is 137 cm³/mol. The minimum Gasteiger partial charge on any atom is -0.475 e. The summed E-state index contributed by atoms with van der Waals surface area (Å²) in [5.74, 6) is 1.38. The van der Waals surface area contributed by atoms with Crippen LogP contribution in [-0.4, -0.2) is 32.9 Å². The van der Waals surface area contributed by atoms with Crippen LogP contribution in [0.25, 0.3) is 5.76 Å². The molecule has 0 spiro atoms. The molecule has 1 aliphatic rings. The van der Waals surface area contributed by atoms with E-state index in [2.05, 4.69) is 47.3 Å². The van der Waals surface area contributed by atoms with Crippen LogP contribution >= 0.6 is 0 Å². The van der Waals surface area contributed by atoms with E-state index in [1.165, 1.54) is 0 Å². The Morgan fingerprint density at radius 2 is 1.55 bits per heavy atom. The first kappa shape index (κ1) is 25.3. The SMILES string of the molecule is CC(C)c1cccc(C(C)C)c1OC(=O)[C@@H]1OC(c2ccccc2)=C[C@H]1OCC[Si](C)(C)C. The molecule has 0 fully saturated rings. The van der Waals surface area contributed by atoms with Crippen LogP contribution in [0.2, 0.25) is 25.7 Å². The van der Waals surface area contributed by atoms with Gasteiger partial charge in [0, 0.05) is 20.2 Å². The van der Waals surface area contributed by atoms with Gasteiger partial charge in [-0.2, -0.15) is 0 Å². The fourth-order valence-electron chi connectivity index (χ4n) is 3.82. The third-order valence-corrected chi connectivity index (χ3v) is 7.55. The molecule has 0 unspecified atom stereocenters. The van der Waals surface area contributed by atoms with Crippen LogP contribution in [-0.2, 0) is 14.3 Å². The average Bonchev–Trinajstić information content (AvgIpc) is 3.17. The molecule has 0 saturated carbocycles. The first-order valence-corrected chi connectivity index (χ1v) is 15.7. The van der Waals surface area contributed by atoms with Crippen molar-refractivity contribution in [3.8, 4) is 5.75 Å². The Morgan fingerprint density at radius 1 is 0.939 bits per heavy atom. The summed E-state index contributed by atoms with van der Waals surface area (Å²) in [5, 5.41) is 0. The summed E-state index contributed by atoms with van der Waals surface area (Å²) in [6.07, 6.45) is 0.614. The second-order valence-electron chi connectivity index (χ2n) is 10.6. The lowest BCUT2D eigenvalue weighted by molar-refractivity contribution is -0.148. The van der Waals surface area contributed by atoms with E-state index in [-0.39, 0.29) is 11.8 Å². The molecule has 3 rings (SSSR count). The number of benzene rings is 2. The predicted octanol–water partition coefficient (Wildman–Crippen LogP) is 7.00. The van der Waals surface area contributed by atoms with Gasteiger partial charge in [0.15, 0.2) is 0 Å². The third kappa shape index (κ3) is 6.58. The standard InChI is InChI=1S/C28H38O4Si/c1-19(2)22-14-11-15-23(20(3)4)26(22)32-28(29)27-25(30-16-17-33(5,6)7)18-24(31-27)21-12-9-8-10-13-21/h8-15,18-20,25,27H,16-17H2,1-7H3/t25-,27-/m1/s1. The fourth-order valence-corrected chi connectivity index (χ4v) is 4.55. The highest BCUT2D eigenvalue weighted by Gasteiger charge is 2.39. The third-order valence-electron chi connectivity index (χ3n) is 5.84. The van der Waals surface area contributed by atoms with Gasteiger partial charge >= 0.3 is 5.97 Å². The van der Waals surface area contributed by atoms with Gasteiger partial charge in [0.05, 0.1) is 0 Å². The highest BCUT2D eigenvalue weighted by Crippen LogP contribution is 2.36. The zero-order chi connectivity index (χ0) is 24.2. The summed E-state index contributed by atoms with van der Waals surface area (Å²) in [5.41, 5.74) is 2.98. The maximum absolute atomic E-state index is 13.5. The molecule has 2 aromatic carbocycles. The van der Waals surface area contributed by atoms with E-state index in [0.29, 0.717) is 18.1 Å². The maximum Gasteiger partial charge on any atom is 0.355 e. The lowest BCUT2D eigenvalue weighted by Crippen LogP contribution is -2.37. The average molecular weight is 467 g/mol. The van der Waals surface area contributed by atoms with Gasteiger partial charge in [0.2, 0.25) is 6.10 Å². The summed E-state index contributed by atoms with van der Waals surface area (Å²) < 4.78 is 18.4. The van der Waals surface area contributed by atoms with Crippen molar-refractivity contribution >= 4 is 19.8 Å². The number of esters is 1. The highest BCUT2D eigenvalue weighted by molar-refractivity contribution is 6.76. The normalized spacial score (nSPS) is 18.4. The Morgan fingerprint density at radius 3 is 2.09 bits per heavy atom. The number of carbonyl (C=O) groups excluding carboxylic acids is 1. The number of rotatable bonds is 9. The molecule has 4 nitrogen and oxygen atoms in total. The van der Waals surface area contributed by atoms with Gasteiger partial charge in [-0.25, -0.2) is 4.79 Å². The Kier molecular flexibility index (Phi) is 8.19. The van der Waals surface area contributed by atoms with Crippen LogP contribution in [0.1, 0.15) is 56.2 Å².